The first-order valence-corrected chi connectivity index (χ1v) is 5.52. The molecule has 2 heterocycles. The highest BCUT2D eigenvalue weighted by Gasteiger charge is 2.54. The average molecular weight is 274 g/mol. The quantitative estimate of drug-likeness (QED) is 0.384. The number of aliphatic hydroxyl groups is 4. The molecule has 0 spiro atoms. The summed E-state index contributed by atoms with van der Waals surface area (Å²) in [5, 5.41) is 38.0. The summed E-state index contributed by atoms with van der Waals surface area (Å²) >= 11 is 0. The molecule has 0 aromatic carbocycles. The molecule has 0 amide bonds. The molecule has 0 unspecified atom stereocenters. The van der Waals surface area contributed by atoms with Crippen LogP contribution in [-0.2, 0) is 4.74 Å². The minimum atomic E-state index is -1.76. The van der Waals surface area contributed by atoms with Crippen molar-refractivity contribution in [1.29, 1.82) is 0 Å². The number of rotatable bonds is 3. The van der Waals surface area contributed by atoms with Gasteiger partial charge in [-0.05, 0) is 0 Å². The van der Waals surface area contributed by atoms with E-state index >= 15 is 0 Å². The zero-order chi connectivity index (χ0) is 14.2. The summed E-state index contributed by atoms with van der Waals surface area (Å²) < 4.78 is 6.08. The number of nitrogens with one attached hydrogen (secondary N) is 1. The summed E-state index contributed by atoms with van der Waals surface area (Å²) in [6.45, 7) is -1.48. The predicted molar refractivity (Wildman–Crippen MR) is 60.4 cm³/mol. The van der Waals surface area contributed by atoms with Crippen LogP contribution in [0, 0.1) is 0 Å². The average Bonchev–Trinajstić information content (AvgIpc) is 2.64. The smallest absolute Gasteiger partial charge is 0.330 e. The van der Waals surface area contributed by atoms with Gasteiger partial charge in [0.05, 0.1) is 13.2 Å². The largest absolute Gasteiger partial charge is 0.393 e. The molecule has 2 rings (SSSR count). The zero-order valence-electron chi connectivity index (χ0n) is 9.76. The topological polar surface area (TPSA) is 145 Å². The second-order valence-electron chi connectivity index (χ2n) is 4.34. The molecule has 1 fully saturated rings. The first kappa shape index (κ1) is 13.9. The Bertz CT molecular complexity index is 561. The third-order valence-corrected chi connectivity index (χ3v) is 3.17. The van der Waals surface area contributed by atoms with Gasteiger partial charge in [-0.2, -0.15) is 0 Å². The van der Waals surface area contributed by atoms with E-state index in [2.05, 4.69) is 0 Å². The maximum Gasteiger partial charge on any atom is 0.330 e. The maximum atomic E-state index is 11.6. The van der Waals surface area contributed by atoms with E-state index < -0.39 is 48.5 Å². The van der Waals surface area contributed by atoms with Gasteiger partial charge in [-0.25, -0.2) is 4.79 Å². The molecule has 1 aromatic heterocycles. The van der Waals surface area contributed by atoms with Crippen LogP contribution in [0.2, 0.25) is 0 Å². The van der Waals surface area contributed by atoms with Crippen LogP contribution in [0.25, 0.3) is 0 Å². The number of aromatic amines is 1. The summed E-state index contributed by atoms with van der Waals surface area (Å²) in [5.41, 5.74) is -3.22. The molecule has 1 saturated heterocycles. The van der Waals surface area contributed by atoms with E-state index in [1.807, 2.05) is 4.98 Å². The first-order chi connectivity index (χ1) is 8.95. The Balaban J connectivity index is 2.42. The molecular formula is C10H14N2O7. The first-order valence-electron chi connectivity index (χ1n) is 5.52. The van der Waals surface area contributed by atoms with Gasteiger partial charge in [0.15, 0.2) is 6.23 Å². The fourth-order valence-corrected chi connectivity index (χ4v) is 2.01. The van der Waals surface area contributed by atoms with Gasteiger partial charge in [0, 0.05) is 12.3 Å². The summed E-state index contributed by atoms with van der Waals surface area (Å²) in [5.74, 6) is 0. The van der Waals surface area contributed by atoms with Crippen molar-refractivity contribution in [2.75, 3.05) is 13.2 Å². The van der Waals surface area contributed by atoms with E-state index in [-0.39, 0.29) is 0 Å². The summed E-state index contributed by atoms with van der Waals surface area (Å²) in [4.78, 5) is 24.5. The van der Waals surface area contributed by atoms with Crippen LogP contribution in [0.1, 0.15) is 6.23 Å². The third-order valence-electron chi connectivity index (χ3n) is 3.17. The zero-order valence-corrected chi connectivity index (χ0v) is 9.76. The molecule has 5 N–H and O–H groups in total. The molecule has 106 valence electrons. The van der Waals surface area contributed by atoms with Crippen LogP contribution in [-0.4, -0.2) is 61.0 Å². The van der Waals surface area contributed by atoms with Crippen LogP contribution in [0.3, 0.4) is 0 Å². The van der Waals surface area contributed by atoms with Gasteiger partial charge in [-0.3, -0.25) is 14.3 Å². The van der Waals surface area contributed by atoms with Crippen molar-refractivity contribution < 1.29 is 25.2 Å². The lowest BCUT2D eigenvalue weighted by molar-refractivity contribution is -0.150. The lowest BCUT2D eigenvalue weighted by atomic mass is 9.97. The van der Waals surface area contributed by atoms with Gasteiger partial charge >= 0.3 is 5.69 Å². The Morgan fingerprint density at radius 2 is 1.95 bits per heavy atom. The summed E-state index contributed by atoms with van der Waals surface area (Å²) in [6.07, 6.45) is -3.35. The summed E-state index contributed by atoms with van der Waals surface area (Å²) in [6, 6.07) is 1.04. The van der Waals surface area contributed by atoms with E-state index in [0.29, 0.717) is 0 Å². The lowest BCUT2D eigenvalue weighted by Gasteiger charge is -2.27. The van der Waals surface area contributed by atoms with Crippen molar-refractivity contribution in [3.05, 3.63) is 33.1 Å². The van der Waals surface area contributed by atoms with Crippen LogP contribution in [0.5, 0.6) is 0 Å². The normalized spacial score (nSPS) is 29.6. The fraction of sp³-hybridized carbons (Fsp3) is 0.600. The molecule has 9 heteroatoms. The Labute approximate surface area is 106 Å². The molecule has 9 nitrogen and oxygen atoms in total. The number of H-pyrrole nitrogens is 1. The van der Waals surface area contributed by atoms with Gasteiger partial charge in [0.2, 0.25) is 0 Å². The minimum Gasteiger partial charge on any atom is -0.393 e. The van der Waals surface area contributed by atoms with Crippen LogP contribution in [0.15, 0.2) is 21.9 Å². The van der Waals surface area contributed by atoms with Crippen molar-refractivity contribution in [3.8, 4) is 0 Å². The van der Waals surface area contributed by atoms with Gasteiger partial charge in [0.25, 0.3) is 5.56 Å². The van der Waals surface area contributed by atoms with Gasteiger partial charge in [-0.1, -0.05) is 0 Å². The second-order valence-corrected chi connectivity index (χ2v) is 4.34. The van der Waals surface area contributed by atoms with Crippen molar-refractivity contribution >= 4 is 0 Å². The maximum absolute atomic E-state index is 11.6. The molecular weight excluding hydrogens is 260 g/mol. The van der Waals surface area contributed by atoms with Crippen LogP contribution in [0.4, 0.5) is 0 Å². The Kier molecular flexibility index (Phi) is 3.56. The molecule has 1 aliphatic rings. The number of hydrogen-bond acceptors (Lipinski definition) is 7. The van der Waals surface area contributed by atoms with Gasteiger partial charge < -0.3 is 25.2 Å². The van der Waals surface area contributed by atoms with Gasteiger partial charge in [0.1, 0.15) is 17.8 Å². The number of aliphatic hydroxyl groups excluding tert-OH is 4. The number of nitrogens with zero attached hydrogens (tertiary/aromatic N) is 1. The standard InChI is InChI=1S/C10H14N2O7/c13-3-10(4-14)7(17)6(16)8(19-10)12-2-1-5(15)11-9(12)18/h1-2,6-8,13-14,16-17H,3-4H2,(H,11,15,18)/t6-,7-,8-/m1/s1. The fourth-order valence-electron chi connectivity index (χ4n) is 2.01. The Morgan fingerprint density at radius 1 is 1.32 bits per heavy atom. The number of aromatic nitrogens is 2. The molecule has 1 aromatic rings. The van der Waals surface area contributed by atoms with Crippen LogP contribution >= 0.6 is 0 Å². The molecule has 0 saturated carbocycles. The highest BCUT2D eigenvalue weighted by atomic mass is 16.6. The third kappa shape index (κ3) is 2.11. The van der Waals surface area contributed by atoms with E-state index in [1.165, 1.54) is 0 Å². The second kappa shape index (κ2) is 4.87. The minimum absolute atomic E-state index is 0.620. The number of hydrogen-bond donors (Lipinski definition) is 5. The highest BCUT2D eigenvalue weighted by Crippen LogP contribution is 2.35. The molecule has 3 atom stereocenters. The molecule has 19 heavy (non-hydrogen) atoms. The SMILES string of the molecule is O=c1ccn([C@@H]2OC(CO)(CO)[C@H](O)[C@H]2O)c(=O)[nH]1. The highest BCUT2D eigenvalue weighted by molar-refractivity contribution is 5.01. The van der Waals surface area contributed by atoms with E-state index in [4.69, 9.17) is 4.74 Å². The van der Waals surface area contributed by atoms with Crippen molar-refractivity contribution in [1.82, 2.24) is 9.55 Å². The molecule has 0 aliphatic carbocycles. The molecule has 1 aliphatic heterocycles. The Hall–Kier alpha value is -1.52. The van der Waals surface area contributed by atoms with Gasteiger partial charge in [-0.15, -0.1) is 0 Å². The van der Waals surface area contributed by atoms with E-state index in [0.717, 1.165) is 16.8 Å². The summed E-state index contributed by atoms with van der Waals surface area (Å²) in [7, 11) is 0. The van der Waals surface area contributed by atoms with Crippen molar-refractivity contribution in [2.24, 2.45) is 0 Å². The molecule has 0 radical (unpaired) electrons. The lowest BCUT2D eigenvalue weighted by Crippen LogP contribution is -2.49. The van der Waals surface area contributed by atoms with E-state index in [1.54, 1.807) is 0 Å². The van der Waals surface area contributed by atoms with Crippen LogP contribution < -0.4 is 11.2 Å². The Morgan fingerprint density at radius 3 is 2.42 bits per heavy atom. The molecule has 0 bridgehead atoms. The predicted octanol–water partition coefficient (Wildman–Crippen LogP) is -3.49. The van der Waals surface area contributed by atoms with Crippen molar-refractivity contribution in [3.63, 3.8) is 0 Å². The monoisotopic (exact) mass is 274 g/mol. The van der Waals surface area contributed by atoms with E-state index in [9.17, 15) is 30.0 Å². The number of ether oxygens (including phenoxy) is 1. The van der Waals surface area contributed by atoms with Crippen molar-refractivity contribution in [2.45, 2.75) is 24.0 Å².